The molecule has 0 bridgehead atoms. The second-order valence-corrected chi connectivity index (χ2v) is 9.63. The number of carbonyl (C=O) groups is 1. The van der Waals surface area contributed by atoms with Crippen LogP contribution in [-0.4, -0.2) is 60.1 Å². The van der Waals surface area contributed by atoms with Crippen molar-refractivity contribution in [2.75, 3.05) is 23.9 Å². The predicted octanol–water partition coefficient (Wildman–Crippen LogP) is 1.81. The Bertz CT molecular complexity index is 559. The third-order valence-corrected chi connectivity index (χ3v) is 7.50. The first kappa shape index (κ1) is 16.2. The van der Waals surface area contributed by atoms with E-state index in [1.165, 1.54) is 6.42 Å². The number of amides is 1. The second-order valence-electron chi connectivity index (χ2n) is 6.49. The highest BCUT2D eigenvalue weighted by Crippen LogP contribution is 2.32. The Kier molecular flexibility index (Phi) is 4.73. The van der Waals surface area contributed by atoms with Crippen molar-refractivity contribution in [2.24, 2.45) is 0 Å². The number of nitrogens with zero attached hydrogens (tertiary/aromatic N) is 2. The van der Waals surface area contributed by atoms with Crippen LogP contribution in [0.3, 0.4) is 0 Å². The summed E-state index contributed by atoms with van der Waals surface area (Å²) in [6.07, 6.45) is 4.64. The lowest BCUT2D eigenvalue weighted by atomic mass is 10.0. The van der Waals surface area contributed by atoms with Crippen molar-refractivity contribution in [3.05, 3.63) is 11.1 Å². The molecule has 0 unspecified atom stereocenters. The van der Waals surface area contributed by atoms with Gasteiger partial charge in [0, 0.05) is 24.0 Å². The lowest BCUT2D eigenvalue weighted by molar-refractivity contribution is -0.132. The van der Waals surface area contributed by atoms with Gasteiger partial charge in [-0.2, -0.15) is 0 Å². The number of hydrogen-bond acceptors (Lipinski definition) is 5. The molecule has 5 nitrogen and oxygen atoms in total. The molecule has 3 aliphatic rings. The summed E-state index contributed by atoms with van der Waals surface area (Å²) in [5.74, 6) is 1.40. The lowest BCUT2D eigenvalue weighted by Crippen LogP contribution is -2.47. The molecule has 0 aromatic carbocycles. The van der Waals surface area contributed by atoms with Gasteiger partial charge in [-0.25, -0.2) is 8.42 Å². The monoisotopic (exact) mass is 344 g/mol. The standard InChI is InChI=1S/C15H24N2O3S2/c1-12-4-2-3-7-16(12)15(18)14-10-21-11-17(14)13-5-8-22(19,20)9-6-13/h10,12-13H,2-9,11H2,1H3/t12-/m0/s1. The molecule has 3 heterocycles. The maximum Gasteiger partial charge on any atom is 0.270 e. The van der Waals surface area contributed by atoms with Gasteiger partial charge >= 0.3 is 0 Å². The number of thioether (sulfide) groups is 1. The van der Waals surface area contributed by atoms with Crippen molar-refractivity contribution in [3.8, 4) is 0 Å². The van der Waals surface area contributed by atoms with Crippen molar-refractivity contribution >= 4 is 27.5 Å². The topological polar surface area (TPSA) is 57.7 Å². The van der Waals surface area contributed by atoms with Crippen molar-refractivity contribution < 1.29 is 13.2 Å². The zero-order chi connectivity index (χ0) is 15.7. The van der Waals surface area contributed by atoms with Crippen LogP contribution < -0.4 is 0 Å². The minimum atomic E-state index is -2.86. The molecular formula is C15H24N2O3S2. The van der Waals surface area contributed by atoms with Gasteiger partial charge in [-0.3, -0.25) is 4.79 Å². The zero-order valence-corrected chi connectivity index (χ0v) is 14.7. The van der Waals surface area contributed by atoms with Gasteiger partial charge in [0.15, 0.2) is 0 Å². The van der Waals surface area contributed by atoms with Crippen LogP contribution in [0.2, 0.25) is 0 Å². The van der Waals surface area contributed by atoms with E-state index in [1.807, 2.05) is 10.3 Å². The Morgan fingerprint density at radius 2 is 1.95 bits per heavy atom. The van der Waals surface area contributed by atoms with Crippen LogP contribution in [0.4, 0.5) is 0 Å². The predicted molar refractivity (Wildman–Crippen MR) is 89.1 cm³/mol. The molecule has 0 N–H and O–H groups in total. The smallest absolute Gasteiger partial charge is 0.270 e. The van der Waals surface area contributed by atoms with Crippen LogP contribution in [0.25, 0.3) is 0 Å². The van der Waals surface area contributed by atoms with E-state index < -0.39 is 9.84 Å². The molecule has 3 aliphatic heterocycles. The number of carbonyl (C=O) groups excluding carboxylic acids is 1. The molecule has 2 saturated heterocycles. The first-order chi connectivity index (χ1) is 10.5. The molecule has 124 valence electrons. The third-order valence-electron chi connectivity index (χ3n) is 4.97. The average Bonchev–Trinajstić information content (AvgIpc) is 2.96. The SMILES string of the molecule is C[C@H]1CCCCN1C(=O)C1=CSCN1C1CCS(=O)(=O)CC1. The van der Waals surface area contributed by atoms with Gasteiger partial charge in [-0.05, 0) is 39.0 Å². The van der Waals surface area contributed by atoms with E-state index in [9.17, 15) is 13.2 Å². The molecule has 7 heteroatoms. The van der Waals surface area contributed by atoms with Crippen molar-refractivity contribution in [1.82, 2.24) is 9.80 Å². The summed E-state index contributed by atoms with van der Waals surface area (Å²) in [6.45, 7) is 2.96. The van der Waals surface area contributed by atoms with Crippen LogP contribution in [0.1, 0.15) is 39.0 Å². The fraction of sp³-hybridized carbons (Fsp3) is 0.800. The van der Waals surface area contributed by atoms with E-state index in [0.29, 0.717) is 18.9 Å². The van der Waals surface area contributed by atoms with E-state index in [0.717, 1.165) is 31.0 Å². The Balaban J connectivity index is 1.69. The maximum absolute atomic E-state index is 12.9. The molecule has 0 radical (unpaired) electrons. The van der Waals surface area contributed by atoms with E-state index in [2.05, 4.69) is 11.8 Å². The number of likely N-dealkylation sites (tertiary alicyclic amines) is 1. The summed E-state index contributed by atoms with van der Waals surface area (Å²) < 4.78 is 23.2. The van der Waals surface area contributed by atoms with Gasteiger partial charge in [0.05, 0.1) is 17.4 Å². The zero-order valence-electron chi connectivity index (χ0n) is 13.0. The van der Waals surface area contributed by atoms with Crippen molar-refractivity contribution in [3.63, 3.8) is 0 Å². The summed E-state index contributed by atoms with van der Waals surface area (Å²) in [7, 11) is -2.86. The Hall–Kier alpha value is -0.690. The third kappa shape index (κ3) is 3.30. The molecule has 1 amide bonds. The molecule has 1 atom stereocenters. The van der Waals surface area contributed by atoms with E-state index in [4.69, 9.17) is 0 Å². The minimum absolute atomic E-state index is 0.130. The number of sulfone groups is 1. The molecule has 0 aromatic rings. The summed E-state index contributed by atoms with van der Waals surface area (Å²) in [6, 6.07) is 0.496. The van der Waals surface area contributed by atoms with Crippen LogP contribution >= 0.6 is 11.8 Å². The fourth-order valence-corrected chi connectivity index (χ4v) is 5.99. The Morgan fingerprint density at radius 3 is 2.64 bits per heavy atom. The molecule has 0 spiro atoms. The second kappa shape index (κ2) is 6.43. The summed E-state index contributed by atoms with van der Waals surface area (Å²) in [5, 5.41) is 1.97. The number of hydrogen-bond donors (Lipinski definition) is 0. The van der Waals surface area contributed by atoms with Crippen LogP contribution in [-0.2, 0) is 14.6 Å². The van der Waals surface area contributed by atoms with Gasteiger partial charge in [-0.1, -0.05) is 0 Å². The van der Waals surface area contributed by atoms with E-state index in [1.54, 1.807) is 11.8 Å². The number of rotatable bonds is 2. The van der Waals surface area contributed by atoms with Crippen molar-refractivity contribution in [1.29, 1.82) is 0 Å². The van der Waals surface area contributed by atoms with Gasteiger partial charge in [0.25, 0.3) is 5.91 Å². The molecule has 3 rings (SSSR count). The summed E-state index contributed by atoms with van der Waals surface area (Å²) >= 11 is 1.64. The molecule has 0 saturated carbocycles. The average molecular weight is 345 g/mol. The van der Waals surface area contributed by atoms with Crippen molar-refractivity contribution in [2.45, 2.75) is 51.1 Å². The highest BCUT2D eigenvalue weighted by molar-refractivity contribution is 8.02. The van der Waals surface area contributed by atoms with E-state index in [-0.39, 0.29) is 23.5 Å². The van der Waals surface area contributed by atoms with Gasteiger partial charge < -0.3 is 9.80 Å². The van der Waals surface area contributed by atoms with Gasteiger partial charge in [0.1, 0.15) is 15.5 Å². The van der Waals surface area contributed by atoms with Crippen LogP contribution in [0.15, 0.2) is 11.1 Å². The fourth-order valence-electron chi connectivity index (χ4n) is 3.55. The molecule has 22 heavy (non-hydrogen) atoms. The molecule has 2 fully saturated rings. The minimum Gasteiger partial charge on any atom is -0.354 e. The highest BCUT2D eigenvalue weighted by atomic mass is 32.2. The Labute approximate surface area is 137 Å². The van der Waals surface area contributed by atoms with Crippen LogP contribution in [0.5, 0.6) is 0 Å². The van der Waals surface area contributed by atoms with E-state index >= 15 is 0 Å². The summed E-state index contributed by atoms with van der Waals surface area (Å²) in [5.41, 5.74) is 0.781. The first-order valence-electron chi connectivity index (χ1n) is 8.08. The van der Waals surface area contributed by atoms with Crippen LogP contribution in [0, 0.1) is 0 Å². The van der Waals surface area contributed by atoms with Gasteiger partial charge in [-0.15, -0.1) is 11.8 Å². The Morgan fingerprint density at radius 1 is 1.23 bits per heavy atom. The summed E-state index contributed by atoms with van der Waals surface area (Å²) in [4.78, 5) is 17.0. The largest absolute Gasteiger partial charge is 0.354 e. The van der Waals surface area contributed by atoms with Gasteiger partial charge in [0.2, 0.25) is 0 Å². The quantitative estimate of drug-likeness (QED) is 0.765. The maximum atomic E-state index is 12.9. The molecular weight excluding hydrogens is 320 g/mol. The normalized spacial score (nSPS) is 29.5. The highest BCUT2D eigenvalue weighted by Gasteiger charge is 2.36. The molecule has 0 aliphatic carbocycles. The number of piperidine rings is 1. The lowest BCUT2D eigenvalue weighted by Gasteiger charge is -2.38. The first-order valence-corrected chi connectivity index (χ1v) is 10.9. The molecule has 0 aromatic heterocycles.